The second-order valence-electron chi connectivity index (χ2n) is 13.2. The molecule has 0 aliphatic heterocycles. The normalized spacial score (nSPS) is 15.0. The SMILES string of the molecule is O=COC(C(=O)OC(C(=O)OCC1c2ccccc2-c2ccccc21)C1c2ccccc2-c2ccccc21)C1c2ccccc2-c2ccccc21. The van der Waals surface area contributed by atoms with Gasteiger partial charge >= 0.3 is 11.9 Å². The van der Waals surface area contributed by atoms with Gasteiger partial charge in [-0.3, -0.25) is 4.79 Å². The summed E-state index contributed by atoms with van der Waals surface area (Å²) in [5, 5.41) is 0. The van der Waals surface area contributed by atoms with E-state index in [0.29, 0.717) is 0 Å². The van der Waals surface area contributed by atoms with Crippen molar-refractivity contribution in [2.75, 3.05) is 6.61 Å². The summed E-state index contributed by atoms with van der Waals surface area (Å²) < 4.78 is 18.1. The first-order valence-corrected chi connectivity index (χ1v) is 17.1. The Kier molecular flexibility index (Phi) is 7.58. The average Bonchev–Trinajstić information content (AvgIpc) is 3.81. The highest BCUT2D eigenvalue weighted by Crippen LogP contribution is 2.50. The van der Waals surface area contributed by atoms with E-state index >= 15 is 0 Å². The smallest absolute Gasteiger partial charge is 0.349 e. The number of hydrogen-bond donors (Lipinski definition) is 0. The summed E-state index contributed by atoms with van der Waals surface area (Å²) in [4.78, 5) is 41.1. The molecule has 3 aliphatic rings. The number of rotatable bonds is 9. The molecule has 0 bridgehead atoms. The van der Waals surface area contributed by atoms with Crippen molar-refractivity contribution in [2.45, 2.75) is 30.0 Å². The molecule has 2 atom stereocenters. The number of carbonyl (C=O) groups excluding carboxylic acids is 3. The zero-order valence-electron chi connectivity index (χ0n) is 27.5. The Labute approximate surface area is 295 Å². The van der Waals surface area contributed by atoms with E-state index in [1.807, 2.05) is 121 Å². The molecule has 0 heterocycles. The van der Waals surface area contributed by atoms with Crippen molar-refractivity contribution in [3.8, 4) is 33.4 Å². The minimum Gasteiger partial charge on any atom is -0.462 e. The fraction of sp³-hybridized carbons (Fsp3) is 0.133. The van der Waals surface area contributed by atoms with Crippen molar-refractivity contribution in [3.05, 3.63) is 179 Å². The van der Waals surface area contributed by atoms with Crippen LogP contribution in [0.15, 0.2) is 146 Å². The van der Waals surface area contributed by atoms with Gasteiger partial charge in [0.1, 0.15) is 6.61 Å². The van der Waals surface area contributed by atoms with E-state index in [0.717, 1.165) is 66.8 Å². The van der Waals surface area contributed by atoms with Gasteiger partial charge in [-0.1, -0.05) is 146 Å². The summed E-state index contributed by atoms with van der Waals surface area (Å²) >= 11 is 0. The molecule has 51 heavy (non-hydrogen) atoms. The number of esters is 2. The minimum atomic E-state index is -1.36. The summed E-state index contributed by atoms with van der Waals surface area (Å²) in [5.41, 5.74) is 11.6. The number of fused-ring (bicyclic) bond motifs is 9. The first-order chi connectivity index (χ1) is 25.1. The lowest BCUT2D eigenvalue weighted by molar-refractivity contribution is -0.177. The monoisotopic (exact) mass is 668 g/mol. The molecule has 248 valence electrons. The predicted octanol–water partition coefficient (Wildman–Crippen LogP) is 8.42. The molecule has 0 fully saturated rings. The molecular formula is C45H32O6. The lowest BCUT2D eigenvalue weighted by Gasteiger charge is -2.28. The van der Waals surface area contributed by atoms with Crippen molar-refractivity contribution in [2.24, 2.45) is 0 Å². The maximum atomic E-state index is 14.6. The predicted molar refractivity (Wildman–Crippen MR) is 193 cm³/mol. The van der Waals surface area contributed by atoms with Gasteiger partial charge in [0, 0.05) is 5.92 Å². The average molecular weight is 669 g/mol. The molecule has 6 aromatic carbocycles. The van der Waals surface area contributed by atoms with Crippen LogP contribution in [0.4, 0.5) is 0 Å². The minimum absolute atomic E-state index is 0.0641. The topological polar surface area (TPSA) is 78.9 Å². The first kappa shape index (κ1) is 30.8. The molecule has 2 unspecified atom stereocenters. The van der Waals surface area contributed by atoms with E-state index in [4.69, 9.17) is 14.2 Å². The zero-order chi connectivity index (χ0) is 34.5. The van der Waals surface area contributed by atoms with Crippen LogP contribution in [-0.2, 0) is 28.6 Å². The van der Waals surface area contributed by atoms with Crippen LogP contribution in [0.3, 0.4) is 0 Å². The van der Waals surface area contributed by atoms with Gasteiger partial charge < -0.3 is 14.2 Å². The number of benzene rings is 6. The standard InChI is InChI=1S/C45H32O6/c46-26-50-42(40-35-21-9-5-15-29(35)30-16-6-10-22-36(30)40)45(48)51-43(41-37-23-11-7-17-31(37)32-18-8-12-24-38(32)41)44(47)49-25-39-33-19-3-1-13-27(33)28-14-2-4-20-34(28)39/h1-24,26,39-43H,25H2. The van der Waals surface area contributed by atoms with Crippen LogP contribution in [0.1, 0.15) is 51.1 Å². The molecule has 0 saturated heterocycles. The highest BCUT2D eigenvalue weighted by molar-refractivity contribution is 5.90. The van der Waals surface area contributed by atoms with Crippen LogP contribution in [-0.4, -0.2) is 37.2 Å². The van der Waals surface area contributed by atoms with Crippen molar-refractivity contribution in [1.29, 1.82) is 0 Å². The van der Waals surface area contributed by atoms with Gasteiger partial charge in [0.25, 0.3) is 6.47 Å². The van der Waals surface area contributed by atoms with Gasteiger partial charge in [-0.05, 0) is 66.8 Å². The third-order valence-electron chi connectivity index (χ3n) is 10.6. The Morgan fingerprint density at radius 3 is 1.20 bits per heavy atom. The van der Waals surface area contributed by atoms with Crippen molar-refractivity contribution < 1.29 is 28.6 Å². The van der Waals surface area contributed by atoms with E-state index < -0.39 is 36.0 Å². The molecule has 6 heteroatoms. The largest absolute Gasteiger partial charge is 0.462 e. The van der Waals surface area contributed by atoms with E-state index in [1.165, 1.54) is 0 Å². The van der Waals surface area contributed by atoms with Crippen LogP contribution in [0, 0.1) is 0 Å². The van der Waals surface area contributed by atoms with Crippen LogP contribution < -0.4 is 0 Å². The van der Waals surface area contributed by atoms with E-state index in [1.54, 1.807) is 0 Å². The second kappa shape index (κ2) is 12.6. The fourth-order valence-electron chi connectivity index (χ4n) is 8.50. The molecule has 0 aromatic heterocycles. The fourth-order valence-corrected chi connectivity index (χ4v) is 8.50. The van der Waals surface area contributed by atoms with Gasteiger partial charge in [0.2, 0.25) is 12.2 Å². The third-order valence-corrected chi connectivity index (χ3v) is 10.6. The van der Waals surface area contributed by atoms with Crippen molar-refractivity contribution in [3.63, 3.8) is 0 Å². The summed E-state index contributed by atoms with van der Waals surface area (Å²) in [6.07, 6.45) is -2.71. The maximum Gasteiger partial charge on any atom is 0.349 e. The van der Waals surface area contributed by atoms with E-state index in [-0.39, 0.29) is 19.0 Å². The third kappa shape index (κ3) is 4.97. The highest BCUT2D eigenvalue weighted by atomic mass is 16.6. The molecular weight excluding hydrogens is 636 g/mol. The number of ether oxygens (including phenoxy) is 3. The Hall–Kier alpha value is -6.27. The van der Waals surface area contributed by atoms with Gasteiger partial charge in [-0.2, -0.15) is 0 Å². The quantitative estimate of drug-likeness (QED) is 0.0875. The van der Waals surface area contributed by atoms with Gasteiger partial charge in [0.05, 0.1) is 11.8 Å². The molecule has 6 nitrogen and oxygen atoms in total. The van der Waals surface area contributed by atoms with E-state index in [2.05, 4.69) is 24.3 Å². The van der Waals surface area contributed by atoms with Crippen LogP contribution in [0.2, 0.25) is 0 Å². The number of carbonyl (C=O) groups is 3. The highest BCUT2D eigenvalue weighted by Gasteiger charge is 2.46. The molecule has 9 rings (SSSR count). The molecule has 0 radical (unpaired) electrons. The van der Waals surface area contributed by atoms with Gasteiger partial charge in [0.15, 0.2) is 0 Å². The van der Waals surface area contributed by atoms with Crippen LogP contribution >= 0.6 is 0 Å². The van der Waals surface area contributed by atoms with Crippen molar-refractivity contribution in [1.82, 2.24) is 0 Å². The molecule has 6 aromatic rings. The lowest BCUT2D eigenvalue weighted by Crippen LogP contribution is -2.41. The Bertz CT molecular complexity index is 2210. The Morgan fingerprint density at radius 1 is 0.471 bits per heavy atom. The second-order valence-corrected chi connectivity index (χ2v) is 13.2. The molecule has 0 amide bonds. The van der Waals surface area contributed by atoms with Crippen LogP contribution in [0.25, 0.3) is 33.4 Å². The first-order valence-electron chi connectivity index (χ1n) is 17.1. The van der Waals surface area contributed by atoms with Crippen LogP contribution in [0.5, 0.6) is 0 Å². The zero-order valence-corrected chi connectivity index (χ0v) is 27.5. The maximum absolute atomic E-state index is 14.6. The summed E-state index contributed by atoms with van der Waals surface area (Å²) in [7, 11) is 0. The Balaban J connectivity index is 1.09. The number of hydrogen-bond acceptors (Lipinski definition) is 6. The van der Waals surface area contributed by atoms with Crippen molar-refractivity contribution >= 4 is 18.4 Å². The molecule has 0 N–H and O–H groups in total. The summed E-state index contributed by atoms with van der Waals surface area (Å²) in [5.74, 6) is -2.94. The summed E-state index contributed by atoms with van der Waals surface area (Å²) in [6.45, 7) is 0.340. The molecule has 3 aliphatic carbocycles. The Morgan fingerprint density at radius 2 is 0.804 bits per heavy atom. The lowest BCUT2D eigenvalue weighted by atomic mass is 9.89. The van der Waals surface area contributed by atoms with Gasteiger partial charge in [-0.25, -0.2) is 9.59 Å². The molecule has 0 saturated carbocycles. The molecule has 0 spiro atoms. The van der Waals surface area contributed by atoms with E-state index in [9.17, 15) is 14.4 Å². The summed E-state index contributed by atoms with van der Waals surface area (Å²) in [6, 6.07) is 47.5. The van der Waals surface area contributed by atoms with Gasteiger partial charge in [-0.15, -0.1) is 0 Å².